The van der Waals surface area contributed by atoms with Crippen LogP contribution in [0.4, 0.5) is 24.7 Å². The predicted octanol–water partition coefficient (Wildman–Crippen LogP) is 2.04. The van der Waals surface area contributed by atoms with E-state index in [1.807, 2.05) is 0 Å². The maximum absolute atomic E-state index is 13.5. The first kappa shape index (κ1) is 13.7. The molecular formula is C12H8F3N3O2. The molecule has 0 aliphatic heterocycles. The summed E-state index contributed by atoms with van der Waals surface area (Å²) in [6, 6.07) is 3.11. The van der Waals surface area contributed by atoms with Crippen LogP contribution in [0.5, 0.6) is 5.75 Å². The number of phenols is 1. The molecule has 4 N–H and O–H groups in total. The molecule has 0 aliphatic rings. The number of amides is 1. The molecule has 20 heavy (non-hydrogen) atoms. The van der Waals surface area contributed by atoms with Gasteiger partial charge in [-0.15, -0.1) is 0 Å². The largest absolute Gasteiger partial charge is 0.503 e. The number of phenolic OH excluding ortho intramolecular Hbond substituents is 1. The molecule has 104 valence electrons. The fraction of sp³-hybridized carbons (Fsp3) is 0. The number of carbonyl (C=O) groups is 1. The first-order chi connectivity index (χ1) is 9.40. The lowest BCUT2D eigenvalue weighted by molar-refractivity contribution is 0.102. The van der Waals surface area contributed by atoms with Gasteiger partial charge in [0.2, 0.25) is 5.82 Å². The Hall–Kier alpha value is -2.77. The molecule has 0 atom stereocenters. The number of hydrogen-bond donors (Lipinski definition) is 3. The summed E-state index contributed by atoms with van der Waals surface area (Å²) in [4.78, 5) is 15.4. The summed E-state index contributed by atoms with van der Waals surface area (Å²) < 4.78 is 39.4. The van der Waals surface area contributed by atoms with Gasteiger partial charge in [0.15, 0.2) is 17.4 Å². The molecule has 1 amide bonds. The van der Waals surface area contributed by atoms with Crippen molar-refractivity contribution in [1.29, 1.82) is 0 Å². The highest BCUT2D eigenvalue weighted by atomic mass is 19.2. The average molecular weight is 283 g/mol. The third-order valence-electron chi connectivity index (χ3n) is 2.41. The summed E-state index contributed by atoms with van der Waals surface area (Å²) in [5.41, 5.74) is 4.89. The van der Waals surface area contributed by atoms with Crippen molar-refractivity contribution in [3.63, 3.8) is 0 Å². The van der Waals surface area contributed by atoms with Crippen molar-refractivity contribution < 1.29 is 23.1 Å². The summed E-state index contributed by atoms with van der Waals surface area (Å²) in [6.07, 6.45) is 1.24. The Morgan fingerprint density at radius 1 is 1.25 bits per heavy atom. The number of nitrogens with two attached hydrogens (primary N) is 1. The second-order valence-electron chi connectivity index (χ2n) is 3.81. The van der Waals surface area contributed by atoms with Crippen LogP contribution in [0, 0.1) is 17.5 Å². The number of nitrogen functional groups attached to an aromatic ring is 1. The minimum Gasteiger partial charge on any atom is -0.503 e. The Kier molecular flexibility index (Phi) is 3.47. The fourth-order valence-corrected chi connectivity index (χ4v) is 1.42. The SMILES string of the molecule is Nc1ccc(NC(=O)c2cc(F)c(F)c(O)c2F)nc1. The number of aromatic nitrogens is 1. The lowest BCUT2D eigenvalue weighted by atomic mass is 10.1. The number of aromatic hydroxyl groups is 1. The molecule has 0 unspecified atom stereocenters. The minimum atomic E-state index is -1.76. The Morgan fingerprint density at radius 2 is 1.95 bits per heavy atom. The van der Waals surface area contributed by atoms with E-state index in [9.17, 15) is 18.0 Å². The number of benzene rings is 1. The van der Waals surface area contributed by atoms with Crippen LogP contribution in [0.2, 0.25) is 0 Å². The van der Waals surface area contributed by atoms with Crippen molar-refractivity contribution in [3.8, 4) is 5.75 Å². The molecule has 0 fully saturated rings. The molecule has 0 aliphatic carbocycles. The molecule has 1 aromatic heterocycles. The maximum atomic E-state index is 13.5. The average Bonchev–Trinajstić information content (AvgIpc) is 2.43. The van der Waals surface area contributed by atoms with Crippen molar-refractivity contribution >= 4 is 17.4 Å². The highest BCUT2D eigenvalue weighted by Crippen LogP contribution is 2.26. The van der Waals surface area contributed by atoms with E-state index >= 15 is 0 Å². The molecule has 2 aromatic rings. The Bertz CT molecular complexity index is 675. The summed E-state index contributed by atoms with van der Waals surface area (Å²) in [7, 11) is 0. The van der Waals surface area contributed by atoms with Crippen LogP contribution >= 0.6 is 0 Å². The molecule has 0 saturated carbocycles. The number of carbonyl (C=O) groups excluding carboxylic acids is 1. The van der Waals surface area contributed by atoms with Crippen LogP contribution in [-0.4, -0.2) is 16.0 Å². The minimum absolute atomic E-state index is 0.0350. The van der Waals surface area contributed by atoms with E-state index in [0.717, 1.165) is 0 Å². The van der Waals surface area contributed by atoms with Crippen LogP contribution in [0.3, 0.4) is 0 Å². The Labute approximate surface area is 110 Å². The third kappa shape index (κ3) is 2.48. The van der Waals surface area contributed by atoms with Gasteiger partial charge in [0.05, 0.1) is 17.4 Å². The van der Waals surface area contributed by atoms with Crippen LogP contribution < -0.4 is 11.1 Å². The van der Waals surface area contributed by atoms with E-state index in [-0.39, 0.29) is 5.82 Å². The van der Waals surface area contributed by atoms with Crippen LogP contribution in [-0.2, 0) is 0 Å². The van der Waals surface area contributed by atoms with Crippen molar-refractivity contribution in [2.75, 3.05) is 11.1 Å². The lowest BCUT2D eigenvalue weighted by Crippen LogP contribution is -2.15. The molecule has 5 nitrogen and oxygen atoms in total. The van der Waals surface area contributed by atoms with Crippen molar-refractivity contribution in [2.45, 2.75) is 0 Å². The van der Waals surface area contributed by atoms with Crippen molar-refractivity contribution in [2.24, 2.45) is 0 Å². The summed E-state index contributed by atoms with van der Waals surface area (Å²) in [5.74, 6) is -7.47. The van der Waals surface area contributed by atoms with Gasteiger partial charge in [-0.25, -0.2) is 13.8 Å². The number of rotatable bonds is 2. The second-order valence-corrected chi connectivity index (χ2v) is 3.81. The van der Waals surface area contributed by atoms with Gasteiger partial charge in [-0.1, -0.05) is 0 Å². The third-order valence-corrected chi connectivity index (χ3v) is 2.41. The molecule has 2 rings (SSSR count). The number of pyridine rings is 1. The van der Waals surface area contributed by atoms with Crippen LogP contribution in [0.15, 0.2) is 24.4 Å². The summed E-state index contributed by atoms with van der Waals surface area (Å²) >= 11 is 0. The first-order valence-electron chi connectivity index (χ1n) is 5.29. The highest BCUT2D eigenvalue weighted by Gasteiger charge is 2.22. The van der Waals surface area contributed by atoms with E-state index in [4.69, 9.17) is 10.8 Å². The highest BCUT2D eigenvalue weighted by molar-refractivity contribution is 6.04. The van der Waals surface area contributed by atoms with E-state index in [0.29, 0.717) is 11.8 Å². The Morgan fingerprint density at radius 3 is 2.55 bits per heavy atom. The second kappa shape index (κ2) is 5.08. The van der Waals surface area contributed by atoms with Gasteiger partial charge in [0.1, 0.15) is 5.82 Å². The molecule has 0 bridgehead atoms. The molecule has 0 saturated heterocycles. The lowest BCUT2D eigenvalue weighted by Gasteiger charge is -2.07. The topological polar surface area (TPSA) is 88.2 Å². The number of nitrogens with one attached hydrogen (secondary N) is 1. The quantitative estimate of drug-likeness (QED) is 0.736. The van der Waals surface area contributed by atoms with E-state index in [2.05, 4.69) is 10.3 Å². The first-order valence-corrected chi connectivity index (χ1v) is 5.29. The zero-order valence-electron chi connectivity index (χ0n) is 9.82. The van der Waals surface area contributed by atoms with Crippen LogP contribution in [0.1, 0.15) is 10.4 Å². The molecule has 0 spiro atoms. The molecule has 0 radical (unpaired) electrons. The van der Waals surface area contributed by atoms with Gasteiger partial charge >= 0.3 is 0 Å². The zero-order valence-corrected chi connectivity index (χ0v) is 9.82. The predicted molar refractivity (Wildman–Crippen MR) is 64.6 cm³/mol. The summed E-state index contributed by atoms with van der Waals surface area (Å²) in [5, 5.41) is 11.2. The molecule has 1 heterocycles. The summed E-state index contributed by atoms with van der Waals surface area (Å²) in [6.45, 7) is 0. The van der Waals surface area contributed by atoms with Gasteiger partial charge in [0, 0.05) is 0 Å². The number of nitrogens with zero attached hydrogens (tertiary/aromatic N) is 1. The van der Waals surface area contributed by atoms with Gasteiger partial charge in [-0.2, -0.15) is 4.39 Å². The van der Waals surface area contributed by atoms with Gasteiger partial charge < -0.3 is 16.2 Å². The smallest absolute Gasteiger partial charge is 0.260 e. The van der Waals surface area contributed by atoms with Crippen molar-refractivity contribution in [1.82, 2.24) is 4.98 Å². The normalized spacial score (nSPS) is 10.3. The number of hydrogen-bond acceptors (Lipinski definition) is 4. The standard InChI is InChI=1S/C12H8F3N3O2/c13-7-3-6(9(14)11(19)10(7)15)12(20)18-8-2-1-5(16)4-17-8/h1-4,19H,16H2,(H,17,18,20). The monoisotopic (exact) mass is 283 g/mol. The van der Waals surface area contributed by atoms with Crippen molar-refractivity contribution in [3.05, 3.63) is 47.4 Å². The molecular weight excluding hydrogens is 275 g/mol. The number of halogens is 3. The van der Waals surface area contributed by atoms with Gasteiger partial charge in [-0.05, 0) is 18.2 Å². The fourth-order valence-electron chi connectivity index (χ4n) is 1.42. The number of anilines is 2. The van der Waals surface area contributed by atoms with Gasteiger partial charge in [-0.3, -0.25) is 4.79 Å². The maximum Gasteiger partial charge on any atom is 0.260 e. The van der Waals surface area contributed by atoms with E-state index in [1.165, 1.54) is 18.3 Å². The zero-order chi connectivity index (χ0) is 14.9. The molecule has 8 heteroatoms. The van der Waals surface area contributed by atoms with Gasteiger partial charge in [0.25, 0.3) is 5.91 Å². The van der Waals surface area contributed by atoms with Crippen LogP contribution in [0.25, 0.3) is 0 Å². The van der Waals surface area contributed by atoms with E-state index < -0.39 is 34.7 Å². The Balaban J connectivity index is 2.32. The van der Waals surface area contributed by atoms with E-state index in [1.54, 1.807) is 0 Å². The molecule has 1 aromatic carbocycles.